The van der Waals surface area contributed by atoms with E-state index in [0.717, 1.165) is 5.39 Å². The van der Waals surface area contributed by atoms with E-state index in [1.807, 2.05) is 19.9 Å². The summed E-state index contributed by atoms with van der Waals surface area (Å²) < 4.78 is 15.5. The Balaban J connectivity index is 1.96. The third kappa shape index (κ3) is 4.00. The number of nitrogens with one attached hydrogen (secondary N) is 1. The maximum Gasteiger partial charge on any atom is 0.310 e. The summed E-state index contributed by atoms with van der Waals surface area (Å²) in [7, 11) is 1.57. The Bertz CT molecular complexity index is 674. The van der Waals surface area contributed by atoms with Crippen molar-refractivity contribution in [3.05, 3.63) is 30.0 Å². The van der Waals surface area contributed by atoms with Crippen LogP contribution in [0.1, 0.15) is 19.4 Å². The van der Waals surface area contributed by atoms with Crippen LogP contribution < -0.4 is 10.1 Å². The second kappa shape index (κ2) is 6.98. The van der Waals surface area contributed by atoms with E-state index in [1.165, 1.54) is 6.26 Å². The van der Waals surface area contributed by atoms with Crippen molar-refractivity contribution in [2.75, 3.05) is 13.7 Å². The number of carbonyl (C=O) groups is 2. The fourth-order valence-electron chi connectivity index (χ4n) is 2.04. The lowest BCUT2D eigenvalue weighted by Crippen LogP contribution is -2.34. The minimum absolute atomic E-state index is 0.0130. The lowest BCUT2D eigenvalue weighted by Gasteiger charge is -2.08. The molecular formula is C16H19NO5. The van der Waals surface area contributed by atoms with Crippen molar-refractivity contribution < 1.29 is 23.5 Å². The van der Waals surface area contributed by atoms with Crippen LogP contribution in [0.3, 0.4) is 0 Å². The molecule has 1 aromatic carbocycles. The van der Waals surface area contributed by atoms with Gasteiger partial charge in [0.25, 0.3) is 5.91 Å². The van der Waals surface area contributed by atoms with E-state index in [1.54, 1.807) is 19.2 Å². The number of carbonyl (C=O) groups excluding carboxylic acids is 2. The van der Waals surface area contributed by atoms with Crippen LogP contribution in [0.2, 0.25) is 0 Å². The molecule has 118 valence electrons. The monoisotopic (exact) mass is 305 g/mol. The Hall–Kier alpha value is -2.50. The van der Waals surface area contributed by atoms with E-state index in [4.69, 9.17) is 13.9 Å². The average molecular weight is 305 g/mol. The normalized spacial score (nSPS) is 10.7. The van der Waals surface area contributed by atoms with Gasteiger partial charge in [-0.3, -0.25) is 9.59 Å². The van der Waals surface area contributed by atoms with Gasteiger partial charge in [0, 0.05) is 23.1 Å². The zero-order valence-corrected chi connectivity index (χ0v) is 12.8. The Morgan fingerprint density at radius 2 is 2.09 bits per heavy atom. The molecule has 0 aliphatic rings. The van der Waals surface area contributed by atoms with Gasteiger partial charge in [-0.05, 0) is 26.0 Å². The first-order valence-electron chi connectivity index (χ1n) is 6.98. The fraction of sp³-hybridized carbons (Fsp3) is 0.375. The quantitative estimate of drug-likeness (QED) is 0.826. The molecule has 1 aromatic heterocycles. The highest BCUT2D eigenvalue weighted by Crippen LogP contribution is 2.25. The van der Waals surface area contributed by atoms with Gasteiger partial charge in [0.1, 0.15) is 11.3 Å². The van der Waals surface area contributed by atoms with Gasteiger partial charge < -0.3 is 19.2 Å². The lowest BCUT2D eigenvalue weighted by atomic mass is 10.1. The first-order chi connectivity index (χ1) is 10.5. The molecule has 0 fully saturated rings. The van der Waals surface area contributed by atoms with Crippen LogP contribution in [-0.2, 0) is 20.7 Å². The number of benzene rings is 1. The number of ether oxygens (including phenoxy) is 2. The Labute approximate surface area is 128 Å². The Kier molecular flexibility index (Phi) is 5.04. The zero-order valence-electron chi connectivity index (χ0n) is 12.8. The smallest absolute Gasteiger partial charge is 0.310 e. The number of rotatable bonds is 6. The molecule has 0 saturated heterocycles. The molecule has 0 aliphatic heterocycles. The molecule has 0 unspecified atom stereocenters. The van der Waals surface area contributed by atoms with E-state index in [9.17, 15) is 9.59 Å². The molecule has 1 amide bonds. The number of amides is 1. The number of furan rings is 1. The molecular weight excluding hydrogens is 286 g/mol. The van der Waals surface area contributed by atoms with Crippen molar-refractivity contribution in [1.82, 2.24) is 5.32 Å². The molecule has 2 aromatic rings. The largest absolute Gasteiger partial charge is 0.497 e. The van der Waals surface area contributed by atoms with Crippen molar-refractivity contribution in [3.8, 4) is 5.75 Å². The molecule has 1 heterocycles. The van der Waals surface area contributed by atoms with Crippen molar-refractivity contribution in [2.24, 2.45) is 0 Å². The van der Waals surface area contributed by atoms with Gasteiger partial charge in [0.2, 0.25) is 0 Å². The number of hydrogen-bond acceptors (Lipinski definition) is 5. The summed E-state index contributed by atoms with van der Waals surface area (Å²) in [6, 6.07) is 5.38. The number of hydrogen-bond donors (Lipinski definition) is 1. The number of fused-ring (bicyclic) bond motifs is 1. The number of methoxy groups -OCH3 is 1. The summed E-state index contributed by atoms with van der Waals surface area (Å²) in [6.07, 6.45) is 1.56. The van der Waals surface area contributed by atoms with Crippen LogP contribution in [0, 0.1) is 0 Å². The van der Waals surface area contributed by atoms with Gasteiger partial charge in [-0.25, -0.2) is 0 Å². The van der Waals surface area contributed by atoms with Crippen molar-refractivity contribution >= 4 is 22.8 Å². The van der Waals surface area contributed by atoms with Gasteiger partial charge >= 0.3 is 5.97 Å². The summed E-state index contributed by atoms with van der Waals surface area (Å²) in [6.45, 7) is 3.40. The predicted octanol–water partition coefficient (Wildman–Crippen LogP) is 2.05. The first kappa shape index (κ1) is 15.9. The van der Waals surface area contributed by atoms with Crippen LogP contribution >= 0.6 is 0 Å². The standard InChI is InChI=1S/C16H19NO5/c1-10(2)17-15(18)9-22-16(19)6-11-8-21-14-7-12(20-3)4-5-13(11)14/h4-5,7-8,10H,6,9H2,1-3H3,(H,17,18). The maximum atomic E-state index is 11.8. The van der Waals surface area contributed by atoms with Crippen LogP contribution in [-0.4, -0.2) is 31.6 Å². The van der Waals surface area contributed by atoms with E-state index >= 15 is 0 Å². The minimum atomic E-state index is -0.475. The highest BCUT2D eigenvalue weighted by Gasteiger charge is 2.13. The lowest BCUT2D eigenvalue weighted by molar-refractivity contribution is -0.148. The maximum absolute atomic E-state index is 11.8. The molecule has 0 spiro atoms. The van der Waals surface area contributed by atoms with Gasteiger partial charge in [-0.2, -0.15) is 0 Å². The highest BCUT2D eigenvalue weighted by atomic mass is 16.5. The molecule has 0 saturated carbocycles. The summed E-state index contributed by atoms with van der Waals surface area (Å²) >= 11 is 0. The minimum Gasteiger partial charge on any atom is -0.497 e. The molecule has 0 aliphatic carbocycles. The van der Waals surface area contributed by atoms with Crippen LogP contribution in [0.4, 0.5) is 0 Å². The molecule has 0 bridgehead atoms. The second-order valence-corrected chi connectivity index (χ2v) is 5.18. The summed E-state index contributed by atoms with van der Waals surface area (Å²) in [5, 5.41) is 3.47. The average Bonchev–Trinajstić information content (AvgIpc) is 2.86. The van der Waals surface area contributed by atoms with Crippen LogP contribution in [0.5, 0.6) is 5.75 Å². The molecule has 22 heavy (non-hydrogen) atoms. The van der Waals surface area contributed by atoms with E-state index in [-0.39, 0.29) is 25.0 Å². The summed E-state index contributed by atoms with van der Waals surface area (Å²) in [4.78, 5) is 23.2. The fourth-order valence-corrected chi connectivity index (χ4v) is 2.04. The van der Waals surface area contributed by atoms with E-state index < -0.39 is 5.97 Å². The van der Waals surface area contributed by atoms with Crippen LogP contribution in [0.25, 0.3) is 11.0 Å². The SMILES string of the molecule is COc1ccc2c(CC(=O)OCC(=O)NC(C)C)coc2c1. The highest BCUT2D eigenvalue weighted by molar-refractivity contribution is 5.87. The zero-order chi connectivity index (χ0) is 16.1. The van der Waals surface area contributed by atoms with Crippen molar-refractivity contribution in [2.45, 2.75) is 26.3 Å². The third-order valence-corrected chi connectivity index (χ3v) is 3.01. The van der Waals surface area contributed by atoms with E-state index in [2.05, 4.69) is 5.32 Å². The molecule has 6 nitrogen and oxygen atoms in total. The molecule has 0 atom stereocenters. The second-order valence-electron chi connectivity index (χ2n) is 5.18. The Morgan fingerprint density at radius 3 is 2.77 bits per heavy atom. The van der Waals surface area contributed by atoms with Gasteiger partial charge in [-0.1, -0.05) is 0 Å². The molecule has 6 heteroatoms. The predicted molar refractivity (Wildman–Crippen MR) is 80.7 cm³/mol. The van der Waals surface area contributed by atoms with Gasteiger partial charge in [0.05, 0.1) is 19.8 Å². The third-order valence-electron chi connectivity index (χ3n) is 3.01. The summed E-state index contributed by atoms with van der Waals surface area (Å²) in [5.74, 6) is -0.108. The van der Waals surface area contributed by atoms with Gasteiger partial charge in [0.15, 0.2) is 6.61 Å². The van der Waals surface area contributed by atoms with E-state index in [0.29, 0.717) is 16.9 Å². The van der Waals surface area contributed by atoms with Crippen LogP contribution in [0.15, 0.2) is 28.9 Å². The van der Waals surface area contributed by atoms with Crippen molar-refractivity contribution in [1.29, 1.82) is 0 Å². The molecule has 2 rings (SSSR count). The number of esters is 1. The van der Waals surface area contributed by atoms with Gasteiger partial charge in [-0.15, -0.1) is 0 Å². The summed E-state index contributed by atoms with van der Waals surface area (Å²) in [5.41, 5.74) is 1.35. The molecule has 1 N–H and O–H groups in total. The van der Waals surface area contributed by atoms with Crippen molar-refractivity contribution in [3.63, 3.8) is 0 Å². The first-order valence-corrected chi connectivity index (χ1v) is 6.98. The Morgan fingerprint density at radius 1 is 1.32 bits per heavy atom. The molecule has 0 radical (unpaired) electrons. The topological polar surface area (TPSA) is 77.8 Å².